The molecule has 0 bridgehead atoms. The number of carbonyl (C=O) groups is 1. The first-order valence-electron chi connectivity index (χ1n) is 11.9. The van der Waals surface area contributed by atoms with Crippen molar-refractivity contribution < 1.29 is 19.4 Å². The highest BCUT2D eigenvalue weighted by Gasteiger charge is 2.28. The van der Waals surface area contributed by atoms with Crippen LogP contribution in [0.2, 0.25) is 0 Å². The van der Waals surface area contributed by atoms with E-state index in [4.69, 9.17) is 14.7 Å². The molecule has 2 aliphatic heterocycles. The van der Waals surface area contributed by atoms with E-state index in [1.54, 1.807) is 0 Å². The van der Waals surface area contributed by atoms with E-state index >= 15 is 0 Å². The smallest absolute Gasteiger partial charge is 0.255 e. The van der Waals surface area contributed by atoms with Crippen LogP contribution in [-0.2, 0) is 0 Å². The van der Waals surface area contributed by atoms with E-state index in [2.05, 4.69) is 28.5 Å². The number of piperidine rings is 1. The maximum Gasteiger partial charge on any atom is 0.255 e. The Balaban J connectivity index is 1.61. The lowest BCUT2D eigenvalue weighted by Crippen LogP contribution is -2.47. The third kappa shape index (κ3) is 6.75. The molecule has 3 N–H and O–H groups in total. The summed E-state index contributed by atoms with van der Waals surface area (Å²) in [5.41, 5.74) is 1.31. The van der Waals surface area contributed by atoms with E-state index in [0.29, 0.717) is 49.8 Å². The predicted molar refractivity (Wildman–Crippen MR) is 123 cm³/mol. The molecule has 0 aliphatic carbocycles. The second kappa shape index (κ2) is 12.5. The summed E-state index contributed by atoms with van der Waals surface area (Å²) in [4.78, 5) is 15.3. The third-order valence-electron chi connectivity index (χ3n) is 6.04. The van der Waals surface area contributed by atoms with Crippen LogP contribution in [0, 0.1) is 17.2 Å². The van der Waals surface area contributed by atoms with Gasteiger partial charge in [0.1, 0.15) is 0 Å². The summed E-state index contributed by atoms with van der Waals surface area (Å²) in [5.74, 6) is 0.885. The highest BCUT2D eigenvalue weighted by molar-refractivity contribution is 5.99. The number of unbranched alkanes of at least 4 members (excludes halogenated alkanes) is 2. The van der Waals surface area contributed by atoms with E-state index < -0.39 is 6.10 Å². The monoisotopic (exact) mass is 444 g/mol. The molecular weight excluding hydrogens is 408 g/mol. The van der Waals surface area contributed by atoms with Crippen LogP contribution in [-0.4, -0.2) is 68.0 Å². The lowest BCUT2D eigenvalue weighted by molar-refractivity contribution is 0.0219. The van der Waals surface area contributed by atoms with Gasteiger partial charge in [-0.2, -0.15) is 5.26 Å². The SMILES string of the molecule is CCCCNc1cc2c(c(C(=O)NC[C@@H]3CCN(CCCC#N)C[C@H]3O)c1)OCCCO2. The molecule has 1 saturated heterocycles. The molecule has 2 atom stereocenters. The summed E-state index contributed by atoms with van der Waals surface area (Å²) >= 11 is 0. The molecule has 2 aliphatic rings. The minimum absolute atomic E-state index is 0.00722. The third-order valence-corrected chi connectivity index (χ3v) is 6.04. The van der Waals surface area contributed by atoms with Crippen LogP contribution in [0.1, 0.15) is 55.8 Å². The molecule has 176 valence electrons. The number of rotatable bonds is 10. The number of fused-ring (bicyclic) bond motifs is 1. The minimum Gasteiger partial charge on any atom is -0.489 e. The summed E-state index contributed by atoms with van der Waals surface area (Å²) in [6.07, 6.45) is 4.57. The quantitative estimate of drug-likeness (QED) is 0.476. The number of aliphatic hydroxyl groups is 1. The molecular formula is C24H36N4O4. The lowest BCUT2D eigenvalue weighted by Gasteiger charge is -2.36. The number of amides is 1. The first kappa shape index (κ1) is 24.1. The van der Waals surface area contributed by atoms with E-state index in [1.807, 2.05) is 12.1 Å². The number of hydrogen-bond acceptors (Lipinski definition) is 7. The zero-order valence-electron chi connectivity index (χ0n) is 19.1. The van der Waals surface area contributed by atoms with Crippen LogP contribution in [0.25, 0.3) is 0 Å². The number of aliphatic hydroxyl groups excluding tert-OH is 1. The standard InChI is InChI=1S/C24H36N4O4/c1-2-3-9-26-19-14-20(23-22(15-19)31-12-6-13-32-23)24(30)27-16-18-7-11-28(17-21(18)29)10-5-4-8-25/h14-15,18,21,26,29H,2-7,9-13,16-17H2,1H3,(H,27,30)/t18-,21+/m0/s1. The maximum atomic E-state index is 13.1. The Kier molecular flexibility index (Phi) is 9.44. The molecule has 8 heteroatoms. The summed E-state index contributed by atoms with van der Waals surface area (Å²) < 4.78 is 11.7. The van der Waals surface area contributed by atoms with Gasteiger partial charge in [0.05, 0.1) is 31.0 Å². The van der Waals surface area contributed by atoms with E-state index in [-0.39, 0.29) is 11.8 Å². The molecule has 0 spiro atoms. The molecule has 1 fully saturated rings. The van der Waals surface area contributed by atoms with Gasteiger partial charge in [-0.3, -0.25) is 4.79 Å². The van der Waals surface area contributed by atoms with Gasteiger partial charge in [-0.05, 0) is 38.4 Å². The van der Waals surface area contributed by atoms with Crippen LogP contribution >= 0.6 is 0 Å². The summed E-state index contributed by atoms with van der Waals surface area (Å²) in [7, 11) is 0. The number of nitrogens with one attached hydrogen (secondary N) is 2. The van der Waals surface area contributed by atoms with Gasteiger partial charge < -0.3 is 30.1 Å². The molecule has 0 radical (unpaired) electrons. The van der Waals surface area contributed by atoms with Gasteiger partial charge in [-0.15, -0.1) is 0 Å². The van der Waals surface area contributed by atoms with Crippen molar-refractivity contribution in [2.75, 3.05) is 51.3 Å². The molecule has 0 saturated carbocycles. The number of β-amino-alcohol motifs (C(OH)–C–C–N with tert-alkyl or cyclic N) is 1. The van der Waals surface area contributed by atoms with Crippen molar-refractivity contribution in [2.24, 2.45) is 5.92 Å². The first-order valence-corrected chi connectivity index (χ1v) is 11.9. The number of carbonyl (C=O) groups excluding carboxylic acids is 1. The largest absolute Gasteiger partial charge is 0.489 e. The average Bonchev–Trinajstić information content (AvgIpc) is 3.04. The van der Waals surface area contributed by atoms with Gasteiger partial charge in [0.15, 0.2) is 11.5 Å². The van der Waals surface area contributed by atoms with Crippen LogP contribution in [0.15, 0.2) is 12.1 Å². The molecule has 0 aromatic heterocycles. The molecule has 1 aromatic rings. The Morgan fingerprint density at radius 2 is 2.16 bits per heavy atom. The number of nitriles is 1. The fraction of sp³-hybridized carbons (Fsp3) is 0.667. The highest BCUT2D eigenvalue weighted by Crippen LogP contribution is 2.36. The molecule has 8 nitrogen and oxygen atoms in total. The lowest BCUT2D eigenvalue weighted by atomic mass is 9.93. The topological polar surface area (TPSA) is 107 Å². The molecule has 1 aromatic carbocycles. The zero-order chi connectivity index (χ0) is 22.8. The van der Waals surface area contributed by atoms with Crippen molar-refractivity contribution in [1.82, 2.24) is 10.2 Å². The molecule has 1 amide bonds. The van der Waals surface area contributed by atoms with Crippen molar-refractivity contribution >= 4 is 11.6 Å². The number of anilines is 1. The summed E-state index contributed by atoms with van der Waals surface area (Å²) in [5, 5.41) is 25.6. The van der Waals surface area contributed by atoms with Crippen LogP contribution in [0.4, 0.5) is 5.69 Å². The highest BCUT2D eigenvalue weighted by atomic mass is 16.5. The number of ether oxygens (including phenoxy) is 2. The van der Waals surface area contributed by atoms with Gasteiger partial charge in [-0.1, -0.05) is 13.3 Å². The Morgan fingerprint density at radius 3 is 2.94 bits per heavy atom. The second-order valence-electron chi connectivity index (χ2n) is 8.57. The molecule has 3 rings (SSSR count). The molecule has 2 heterocycles. The minimum atomic E-state index is -0.495. The Bertz CT molecular complexity index is 795. The number of benzene rings is 1. The van der Waals surface area contributed by atoms with E-state index in [9.17, 15) is 9.90 Å². The molecule has 0 unspecified atom stereocenters. The van der Waals surface area contributed by atoms with Gasteiger partial charge in [0, 0.05) is 50.1 Å². The van der Waals surface area contributed by atoms with Crippen molar-refractivity contribution in [3.8, 4) is 17.6 Å². The predicted octanol–water partition coefficient (Wildman–Crippen LogP) is 2.78. The van der Waals surface area contributed by atoms with Crippen molar-refractivity contribution in [3.05, 3.63) is 17.7 Å². The van der Waals surface area contributed by atoms with Gasteiger partial charge in [0.2, 0.25) is 0 Å². The van der Waals surface area contributed by atoms with E-state index in [0.717, 1.165) is 57.4 Å². The van der Waals surface area contributed by atoms with Gasteiger partial charge in [-0.25, -0.2) is 0 Å². The zero-order valence-corrected chi connectivity index (χ0v) is 19.1. The number of hydrogen-bond donors (Lipinski definition) is 3. The summed E-state index contributed by atoms with van der Waals surface area (Å²) in [6.45, 7) is 6.72. The molecule has 32 heavy (non-hydrogen) atoms. The Labute approximate surface area is 190 Å². The fourth-order valence-electron chi connectivity index (χ4n) is 4.14. The van der Waals surface area contributed by atoms with Crippen LogP contribution in [0.5, 0.6) is 11.5 Å². The van der Waals surface area contributed by atoms with Gasteiger partial charge in [0.25, 0.3) is 5.91 Å². The van der Waals surface area contributed by atoms with Crippen LogP contribution in [0.3, 0.4) is 0 Å². The maximum absolute atomic E-state index is 13.1. The number of nitrogens with zero attached hydrogens (tertiary/aromatic N) is 2. The summed E-state index contributed by atoms with van der Waals surface area (Å²) in [6, 6.07) is 5.89. The second-order valence-corrected chi connectivity index (χ2v) is 8.57. The van der Waals surface area contributed by atoms with Gasteiger partial charge >= 0.3 is 0 Å². The van der Waals surface area contributed by atoms with E-state index in [1.165, 1.54) is 0 Å². The average molecular weight is 445 g/mol. The fourth-order valence-corrected chi connectivity index (χ4v) is 4.14. The number of likely N-dealkylation sites (tertiary alicyclic amines) is 1. The first-order chi connectivity index (χ1) is 15.6. The normalized spacial score (nSPS) is 20.8. The van der Waals surface area contributed by atoms with Crippen molar-refractivity contribution in [1.29, 1.82) is 5.26 Å². The Hall–Kier alpha value is -2.50. The Morgan fingerprint density at radius 1 is 1.31 bits per heavy atom. The van der Waals surface area contributed by atoms with Crippen molar-refractivity contribution in [2.45, 2.75) is 51.6 Å². The van der Waals surface area contributed by atoms with Crippen molar-refractivity contribution in [3.63, 3.8) is 0 Å². The van der Waals surface area contributed by atoms with Crippen LogP contribution < -0.4 is 20.1 Å².